The van der Waals surface area contributed by atoms with Crippen LogP contribution in [0.1, 0.15) is 36.1 Å². The van der Waals surface area contributed by atoms with E-state index in [0.717, 1.165) is 33.1 Å². The first-order valence-corrected chi connectivity index (χ1v) is 16.3. The summed E-state index contributed by atoms with van der Waals surface area (Å²) in [5.74, 6) is 0. The first-order chi connectivity index (χ1) is 22.8. The first kappa shape index (κ1) is 26.7. The van der Waals surface area contributed by atoms with Crippen molar-refractivity contribution < 1.29 is 4.42 Å². The van der Waals surface area contributed by atoms with Crippen molar-refractivity contribution in [2.75, 3.05) is 0 Å². The maximum absolute atomic E-state index is 6.41. The third-order valence-corrected chi connectivity index (χ3v) is 9.91. The SMILES string of the molecule is CC.c1cc(-c2ccc3c(c2)C2(c4ccccc4-c4ccccc42)c2ccccc2-3)cc(-c2cccc3c2oc2ccccc23)c1. The van der Waals surface area contributed by atoms with E-state index in [-0.39, 0.29) is 5.41 Å². The van der Waals surface area contributed by atoms with Gasteiger partial charge in [-0.1, -0.05) is 153 Å². The predicted octanol–water partition coefficient (Wildman–Crippen LogP) is 12.3. The minimum Gasteiger partial charge on any atom is -0.455 e. The molecule has 0 N–H and O–H groups in total. The topological polar surface area (TPSA) is 13.1 Å². The molecule has 2 aliphatic carbocycles. The summed E-state index contributed by atoms with van der Waals surface area (Å²) in [4.78, 5) is 0. The van der Waals surface area contributed by atoms with Crippen molar-refractivity contribution in [2.45, 2.75) is 19.3 Å². The Morgan fingerprint density at radius 3 is 1.57 bits per heavy atom. The van der Waals surface area contributed by atoms with Crippen LogP contribution in [0, 0.1) is 0 Å². The predicted molar refractivity (Wildman–Crippen MR) is 192 cm³/mol. The van der Waals surface area contributed by atoms with Crippen LogP contribution < -0.4 is 0 Å². The van der Waals surface area contributed by atoms with Crippen LogP contribution in [0.2, 0.25) is 0 Å². The van der Waals surface area contributed by atoms with Gasteiger partial charge in [0.2, 0.25) is 0 Å². The van der Waals surface area contributed by atoms with Gasteiger partial charge in [0.1, 0.15) is 11.2 Å². The fourth-order valence-electron chi connectivity index (χ4n) is 8.12. The Bertz CT molecular complexity index is 2390. The molecule has 1 heterocycles. The van der Waals surface area contributed by atoms with Gasteiger partial charge in [0.05, 0.1) is 5.41 Å². The zero-order chi connectivity index (χ0) is 30.8. The van der Waals surface area contributed by atoms with Crippen LogP contribution in [0.5, 0.6) is 0 Å². The van der Waals surface area contributed by atoms with Gasteiger partial charge >= 0.3 is 0 Å². The van der Waals surface area contributed by atoms with Gasteiger partial charge in [0.15, 0.2) is 0 Å². The Morgan fingerprint density at radius 2 is 0.870 bits per heavy atom. The summed E-state index contributed by atoms with van der Waals surface area (Å²) in [6, 6.07) is 57.7. The number of rotatable bonds is 2. The van der Waals surface area contributed by atoms with Crippen LogP contribution >= 0.6 is 0 Å². The molecule has 0 amide bonds. The normalized spacial score (nSPS) is 13.2. The highest BCUT2D eigenvalue weighted by Crippen LogP contribution is 2.63. The van der Waals surface area contributed by atoms with E-state index in [0.29, 0.717) is 0 Å². The van der Waals surface area contributed by atoms with E-state index < -0.39 is 0 Å². The Hall–Kier alpha value is -5.66. The molecule has 1 heteroatoms. The molecule has 0 radical (unpaired) electrons. The van der Waals surface area contributed by atoms with Crippen molar-refractivity contribution in [3.05, 3.63) is 180 Å². The van der Waals surface area contributed by atoms with Crippen LogP contribution in [-0.2, 0) is 5.41 Å². The van der Waals surface area contributed by atoms with Crippen molar-refractivity contribution >= 4 is 21.9 Å². The van der Waals surface area contributed by atoms with E-state index in [2.05, 4.69) is 146 Å². The summed E-state index contributed by atoms with van der Waals surface area (Å²) in [6.07, 6.45) is 0. The summed E-state index contributed by atoms with van der Waals surface area (Å²) < 4.78 is 6.41. The second kappa shape index (κ2) is 10.2. The number of benzene rings is 7. The number of fused-ring (bicyclic) bond motifs is 13. The van der Waals surface area contributed by atoms with E-state index in [4.69, 9.17) is 4.42 Å². The molecule has 1 spiro atoms. The lowest BCUT2D eigenvalue weighted by molar-refractivity contribution is 0.670. The Kier molecular flexibility index (Phi) is 5.92. The first-order valence-electron chi connectivity index (χ1n) is 16.3. The lowest BCUT2D eigenvalue weighted by Crippen LogP contribution is -2.25. The number of hydrogen-bond donors (Lipinski definition) is 0. The molecule has 7 aromatic carbocycles. The van der Waals surface area contributed by atoms with E-state index in [1.54, 1.807) is 0 Å². The summed E-state index contributed by atoms with van der Waals surface area (Å²) in [7, 11) is 0. The van der Waals surface area contributed by atoms with Crippen LogP contribution in [0.25, 0.3) is 66.4 Å². The van der Waals surface area contributed by atoms with E-state index >= 15 is 0 Å². The molecule has 0 fully saturated rings. The van der Waals surface area contributed by atoms with Crippen molar-refractivity contribution in [2.24, 2.45) is 0 Å². The van der Waals surface area contributed by atoms with Gasteiger partial charge in [0, 0.05) is 16.3 Å². The molecule has 0 aliphatic heterocycles. The zero-order valence-electron chi connectivity index (χ0n) is 25.9. The molecule has 46 heavy (non-hydrogen) atoms. The van der Waals surface area contributed by atoms with E-state index in [9.17, 15) is 0 Å². The Morgan fingerprint density at radius 1 is 0.370 bits per heavy atom. The molecule has 0 unspecified atom stereocenters. The molecule has 218 valence electrons. The number of hydrogen-bond acceptors (Lipinski definition) is 1. The lowest BCUT2D eigenvalue weighted by Gasteiger charge is -2.30. The summed E-state index contributed by atoms with van der Waals surface area (Å²) in [5.41, 5.74) is 17.0. The molecule has 10 rings (SSSR count). The molecule has 0 atom stereocenters. The van der Waals surface area contributed by atoms with Gasteiger partial charge in [-0.15, -0.1) is 0 Å². The second-order valence-electron chi connectivity index (χ2n) is 12.0. The van der Waals surface area contributed by atoms with Crippen molar-refractivity contribution in [3.8, 4) is 44.5 Å². The lowest BCUT2D eigenvalue weighted by atomic mass is 9.70. The maximum Gasteiger partial charge on any atom is 0.143 e. The molecule has 0 saturated heterocycles. The van der Waals surface area contributed by atoms with Crippen LogP contribution in [-0.4, -0.2) is 0 Å². The monoisotopic (exact) mass is 588 g/mol. The Labute approximate surface area is 269 Å². The maximum atomic E-state index is 6.41. The largest absolute Gasteiger partial charge is 0.455 e. The minimum absolute atomic E-state index is 0.341. The molecular formula is C45H32O. The third-order valence-electron chi connectivity index (χ3n) is 9.91. The zero-order valence-corrected chi connectivity index (χ0v) is 25.9. The smallest absolute Gasteiger partial charge is 0.143 e. The van der Waals surface area contributed by atoms with E-state index in [1.165, 1.54) is 55.6 Å². The molecule has 1 aromatic heterocycles. The fourth-order valence-corrected chi connectivity index (χ4v) is 8.12. The molecule has 1 nitrogen and oxygen atoms in total. The van der Waals surface area contributed by atoms with Crippen molar-refractivity contribution in [1.29, 1.82) is 0 Å². The van der Waals surface area contributed by atoms with Gasteiger partial charge in [-0.2, -0.15) is 0 Å². The molecule has 8 aromatic rings. The highest BCUT2D eigenvalue weighted by atomic mass is 16.3. The molecule has 2 aliphatic rings. The standard InChI is InChI=1S/C43H26O.C2H6/c1-5-19-37-31(13-1)32-14-2-6-20-38(32)43(37)39-21-7-3-15-33(39)34-24-23-28(26-40(34)43)27-11-9-12-29(25-27)30-17-10-18-36-35-16-4-8-22-41(35)44-42(30)36;1-2/h1-26H;1-2H3. The average Bonchev–Trinajstić information content (AvgIpc) is 3.76. The summed E-state index contributed by atoms with van der Waals surface area (Å²) in [5, 5.41) is 2.31. The highest BCUT2D eigenvalue weighted by Gasteiger charge is 2.51. The minimum atomic E-state index is -0.341. The van der Waals surface area contributed by atoms with Gasteiger partial charge in [-0.3, -0.25) is 0 Å². The number of para-hydroxylation sites is 2. The highest BCUT2D eigenvalue weighted by molar-refractivity contribution is 6.09. The summed E-state index contributed by atoms with van der Waals surface area (Å²) >= 11 is 0. The van der Waals surface area contributed by atoms with Crippen LogP contribution in [0.3, 0.4) is 0 Å². The van der Waals surface area contributed by atoms with E-state index in [1.807, 2.05) is 26.0 Å². The van der Waals surface area contributed by atoms with Crippen LogP contribution in [0.4, 0.5) is 0 Å². The third kappa shape index (κ3) is 3.51. The van der Waals surface area contributed by atoms with Gasteiger partial charge in [-0.05, 0) is 79.4 Å². The Balaban J connectivity index is 0.00000143. The number of furan rings is 1. The van der Waals surface area contributed by atoms with Crippen molar-refractivity contribution in [1.82, 2.24) is 0 Å². The second-order valence-corrected chi connectivity index (χ2v) is 12.0. The average molecular weight is 589 g/mol. The fraction of sp³-hybridized carbons (Fsp3) is 0.0667. The van der Waals surface area contributed by atoms with Gasteiger partial charge < -0.3 is 4.42 Å². The van der Waals surface area contributed by atoms with Gasteiger partial charge in [-0.25, -0.2) is 0 Å². The quantitative estimate of drug-likeness (QED) is 0.196. The molecule has 0 bridgehead atoms. The molecule has 0 saturated carbocycles. The van der Waals surface area contributed by atoms with Crippen LogP contribution in [0.15, 0.2) is 162 Å². The van der Waals surface area contributed by atoms with Gasteiger partial charge in [0.25, 0.3) is 0 Å². The van der Waals surface area contributed by atoms with Crippen molar-refractivity contribution in [3.63, 3.8) is 0 Å². The molecular weight excluding hydrogens is 556 g/mol. The summed E-state index contributed by atoms with van der Waals surface area (Å²) in [6.45, 7) is 4.00.